The molecule has 0 aliphatic heterocycles. The Bertz CT molecular complexity index is 854. The highest BCUT2D eigenvalue weighted by atomic mass is 32.2. The third-order valence-corrected chi connectivity index (χ3v) is 4.36. The van der Waals surface area contributed by atoms with E-state index < -0.39 is 10.0 Å². The molecule has 3 rings (SSSR count). The fraction of sp³-hybridized carbons (Fsp3) is 0.0714. The van der Waals surface area contributed by atoms with Crippen LogP contribution < -0.4 is 9.46 Å². The number of aromatic amines is 1. The van der Waals surface area contributed by atoms with E-state index in [0.717, 1.165) is 5.52 Å². The number of ether oxygens (including phenoxy) is 1. The third-order valence-electron chi connectivity index (χ3n) is 2.98. The van der Waals surface area contributed by atoms with Gasteiger partial charge in [-0.3, -0.25) is 0 Å². The van der Waals surface area contributed by atoms with Crippen molar-refractivity contribution in [2.45, 2.75) is 4.90 Å². The molecule has 21 heavy (non-hydrogen) atoms. The summed E-state index contributed by atoms with van der Waals surface area (Å²) in [4.78, 5) is 7.17. The van der Waals surface area contributed by atoms with Crippen LogP contribution in [0.4, 0.5) is 5.95 Å². The molecule has 1 aromatic heterocycles. The molecule has 0 atom stereocenters. The molecule has 6 nitrogen and oxygen atoms in total. The summed E-state index contributed by atoms with van der Waals surface area (Å²) in [5, 5.41) is 0. The van der Waals surface area contributed by atoms with Crippen LogP contribution in [0.5, 0.6) is 5.75 Å². The summed E-state index contributed by atoms with van der Waals surface area (Å²) in [7, 11) is -2.35. The van der Waals surface area contributed by atoms with Gasteiger partial charge < -0.3 is 9.72 Å². The molecule has 0 aliphatic rings. The second-order valence-electron chi connectivity index (χ2n) is 4.36. The summed E-state index contributed by atoms with van der Waals surface area (Å²) in [5.41, 5.74) is 1.45. The highest BCUT2D eigenvalue weighted by Gasteiger charge is 2.20. The quantitative estimate of drug-likeness (QED) is 0.775. The van der Waals surface area contributed by atoms with E-state index in [4.69, 9.17) is 4.74 Å². The summed E-state index contributed by atoms with van der Waals surface area (Å²) in [6.45, 7) is 0. The molecule has 108 valence electrons. The van der Waals surface area contributed by atoms with Gasteiger partial charge in [0, 0.05) is 0 Å². The number of methoxy groups -OCH3 is 1. The van der Waals surface area contributed by atoms with E-state index in [1.54, 1.807) is 24.3 Å². The summed E-state index contributed by atoms with van der Waals surface area (Å²) in [6, 6.07) is 13.7. The van der Waals surface area contributed by atoms with Gasteiger partial charge in [0.05, 0.1) is 18.1 Å². The predicted octanol–water partition coefficient (Wildman–Crippen LogP) is 2.37. The van der Waals surface area contributed by atoms with Gasteiger partial charge in [-0.1, -0.05) is 24.3 Å². The van der Waals surface area contributed by atoms with Gasteiger partial charge in [0.2, 0.25) is 5.95 Å². The lowest BCUT2D eigenvalue weighted by molar-refractivity contribution is 0.403. The van der Waals surface area contributed by atoms with Crippen LogP contribution in [0.15, 0.2) is 53.4 Å². The van der Waals surface area contributed by atoms with Gasteiger partial charge in [0.15, 0.2) is 0 Å². The zero-order valence-electron chi connectivity index (χ0n) is 11.2. The maximum atomic E-state index is 12.4. The Balaban J connectivity index is 1.99. The third kappa shape index (κ3) is 2.55. The topological polar surface area (TPSA) is 84.1 Å². The number of hydrogen-bond donors (Lipinski definition) is 2. The zero-order chi connectivity index (χ0) is 14.9. The van der Waals surface area contributed by atoms with Gasteiger partial charge in [0.1, 0.15) is 10.6 Å². The van der Waals surface area contributed by atoms with Gasteiger partial charge in [-0.15, -0.1) is 0 Å². The predicted molar refractivity (Wildman–Crippen MR) is 79.9 cm³/mol. The van der Waals surface area contributed by atoms with Crippen molar-refractivity contribution in [3.8, 4) is 5.75 Å². The second kappa shape index (κ2) is 5.10. The number of nitrogens with zero attached hydrogens (tertiary/aromatic N) is 1. The lowest BCUT2D eigenvalue weighted by atomic mass is 10.3. The Morgan fingerprint density at radius 3 is 2.57 bits per heavy atom. The van der Waals surface area contributed by atoms with Gasteiger partial charge in [-0.25, -0.2) is 18.1 Å². The lowest BCUT2D eigenvalue weighted by Crippen LogP contribution is -2.14. The smallest absolute Gasteiger partial charge is 0.267 e. The number of benzene rings is 2. The summed E-state index contributed by atoms with van der Waals surface area (Å²) in [6.07, 6.45) is 0. The molecule has 0 saturated carbocycles. The average molecular weight is 303 g/mol. The van der Waals surface area contributed by atoms with Crippen molar-refractivity contribution in [1.82, 2.24) is 9.97 Å². The Kier molecular flexibility index (Phi) is 3.26. The van der Waals surface area contributed by atoms with Gasteiger partial charge >= 0.3 is 0 Å². The Labute approximate surface area is 121 Å². The number of H-pyrrole nitrogens is 1. The lowest BCUT2D eigenvalue weighted by Gasteiger charge is -2.09. The molecule has 7 heteroatoms. The summed E-state index contributed by atoms with van der Waals surface area (Å²) in [5.74, 6) is 0.447. The number of fused-ring (bicyclic) bond motifs is 1. The Morgan fingerprint density at radius 2 is 1.81 bits per heavy atom. The molecule has 0 unspecified atom stereocenters. The van der Waals surface area contributed by atoms with Gasteiger partial charge in [-0.05, 0) is 24.3 Å². The second-order valence-corrected chi connectivity index (χ2v) is 6.01. The minimum Gasteiger partial charge on any atom is -0.495 e. The van der Waals surface area contributed by atoms with E-state index in [1.807, 2.05) is 18.2 Å². The molecule has 3 aromatic rings. The van der Waals surface area contributed by atoms with E-state index in [9.17, 15) is 8.42 Å². The largest absolute Gasteiger partial charge is 0.495 e. The number of sulfonamides is 1. The molecule has 0 saturated heterocycles. The van der Waals surface area contributed by atoms with Crippen molar-refractivity contribution in [2.24, 2.45) is 0 Å². The number of hydrogen-bond acceptors (Lipinski definition) is 4. The molecule has 0 fully saturated rings. The van der Waals surface area contributed by atoms with Crippen LogP contribution in [0.1, 0.15) is 0 Å². The SMILES string of the molecule is COc1ccccc1S(=O)(=O)Nc1nc2ccccc2[nH]1. The van der Waals surface area contributed by atoms with Gasteiger partial charge in [-0.2, -0.15) is 0 Å². The van der Waals surface area contributed by atoms with E-state index in [-0.39, 0.29) is 16.6 Å². The first-order valence-electron chi connectivity index (χ1n) is 6.21. The van der Waals surface area contributed by atoms with E-state index in [1.165, 1.54) is 13.2 Å². The maximum absolute atomic E-state index is 12.4. The number of nitrogens with one attached hydrogen (secondary N) is 2. The van der Waals surface area contributed by atoms with Crippen LogP contribution in [0.2, 0.25) is 0 Å². The number of para-hydroxylation sites is 3. The molecule has 0 amide bonds. The summed E-state index contributed by atoms with van der Waals surface area (Å²) < 4.78 is 32.3. The van der Waals surface area contributed by atoms with Crippen molar-refractivity contribution in [2.75, 3.05) is 11.8 Å². The van der Waals surface area contributed by atoms with E-state index in [2.05, 4.69) is 14.7 Å². The van der Waals surface area contributed by atoms with Crippen molar-refractivity contribution >= 4 is 27.0 Å². The Morgan fingerprint density at radius 1 is 1.10 bits per heavy atom. The van der Waals surface area contributed by atoms with Crippen LogP contribution in [0.3, 0.4) is 0 Å². The number of aromatic nitrogens is 2. The molecule has 0 spiro atoms. The highest BCUT2D eigenvalue weighted by Crippen LogP contribution is 2.25. The molecule has 0 aliphatic carbocycles. The average Bonchev–Trinajstić information content (AvgIpc) is 2.88. The Hall–Kier alpha value is -2.54. The minimum atomic E-state index is -3.77. The minimum absolute atomic E-state index is 0.0629. The molecule has 2 aromatic carbocycles. The van der Waals surface area contributed by atoms with Crippen molar-refractivity contribution in [1.29, 1.82) is 0 Å². The van der Waals surface area contributed by atoms with Crippen LogP contribution in [0, 0.1) is 0 Å². The van der Waals surface area contributed by atoms with Crippen LogP contribution in [-0.2, 0) is 10.0 Å². The number of anilines is 1. The van der Waals surface area contributed by atoms with Gasteiger partial charge in [0.25, 0.3) is 10.0 Å². The molecule has 0 radical (unpaired) electrons. The zero-order valence-corrected chi connectivity index (χ0v) is 12.0. The van der Waals surface area contributed by atoms with Crippen LogP contribution in [-0.4, -0.2) is 25.5 Å². The molecular weight excluding hydrogens is 290 g/mol. The molecule has 1 heterocycles. The molecule has 0 bridgehead atoms. The number of rotatable bonds is 4. The summed E-state index contributed by atoms with van der Waals surface area (Å²) >= 11 is 0. The fourth-order valence-electron chi connectivity index (χ4n) is 2.02. The van der Waals surface area contributed by atoms with Crippen LogP contribution >= 0.6 is 0 Å². The van der Waals surface area contributed by atoms with Crippen molar-refractivity contribution in [3.63, 3.8) is 0 Å². The maximum Gasteiger partial charge on any atom is 0.267 e. The van der Waals surface area contributed by atoms with Crippen molar-refractivity contribution < 1.29 is 13.2 Å². The highest BCUT2D eigenvalue weighted by molar-refractivity contribution is 7.92. The van der Waals surface area contributed by atoms with E-state index in [0.29, 0.717) is 5.52 Å². The first kappa shape index (κ1) is 13.4. The normalized spacial score (nSPS) is 11.5. The van der Waals surface area contributed by atoms with Crippen LogP contribution in [0.25, 0.3) is 11.0 Å². The number of imidazole rings is 1. The monoisotopic (exact) mass is 303 g/mol. The first-order chi connectivity index (χ1) is 10.1. The molecular formula is C14H13N3O3S. The van der Waals surface area contributed by atoms with E-state index >= 15 is 0 Å². The standard InChI is InChI=1S/C14H13N3O3S/c1-20-12-8-4-5-9-13(12)21(18,19)17-14-15-10-6-2-3-7-11(10)16-14/h2-9H,1H3,(H2,15,16,17). The fourth-order valence-corrected chi connectivity index (χ4v) is 3.16. The van der Waals surface area contributed by atoms with Crippen molar-refractivity contribution in [3.05, 3.63) is 48.5 Å². The first-order valence-corrected chi connectivity index (χ1v) is 7.69. The molecule has 2 N–H and O–H groups in total.